The summed E-state index contributed by atoms with van der Waals surface area (Å²) in [5.41, 5.74) is 1.10. The van der Waals surface area contributed by atoms with Gasteiger partial charge >= 0.3 is 12.0 Å². The van der Waals surface area contributed by atoms with Crippen molar-refractivity contribution in [2.75, 3.05) is 33.8 Å². The van der Waals surface area contributed by atoms with Crippen LogP contribution in [0.2, 0.25) is 0 Å². The number of rotatable bonds is 5. The summed E-state index contributed by atoms with van der Waals surface area (Å²) in [7, 11) is 3.51. The zero-order valence-corrected chi connectivity index (χ0v) is 16.1. The number of aliphatic hydroxyl groups is 1. The Bertz CT molecular complexity index is 806. The van der Waals surface area contributed by atoms with E-state index in [1.807, 2.05) is 4.90 Å². The molecule has 0 aliphatic carbocycles. The molecule has 0 spiro atoms. The fraction of sp³-hybridized carbons (Fsp3) is 0.450. The number of urea groups is 1. The van der Waals surface area contributed by atoms with Crippen molar-refractivity contribution in [3.8, 4) is 17.1 Å². The van der Waals surface area contributed by atoms with Crippen molar-refractivity contribution in [2.24, 2.45) is 5.92 Å². The number of amides is 2. The van der Waals surface area contributed by atoms with E-state index in [1.165, 1.54) is 18.5 Å². The second kappa shape index (κ2) is 8.97. The summed E-state index contributed by atoms with van der Waals surface area (Å²) in [5, 5.41) is 9.19. The first kappa shape index (κ1) is 20.0. The van der Waals surface area contributed by atoms with E-state index in [-0.39, 0.29) is 24.2 Å². The molecule has 1 saturated heterocycles. The Hall–Kier alpha value is -2.74. The highest BCUT2D eigenvalue weighted by atomic mass is 19.1. The van der Waals surface area contributed by atoms with Crippen LogP contribution in [0.25, 0.3) is 11.1 Å². The molecule has 2 aromatic rings. The molecule has 0 unspecified atom stereocenters. The minimum Gasteiger partial charge on any atom is -0.463 e. The highest BCUT2D eigenvalue weighted by Crippen LogP contribution is 2.25. The first-order valence-electron chi connectivity index (χ1n) is 9.29. The summed E-state index contributed by atoms with van der Waals surface area (Å²) in [4.78, 5) is 23.7. The second-order valence-electron chi connectivity index (χ2n) is 7.11. The SMILES string of the molecule is CN(C)C(=O)N1CCC(COc2ncc(-c3cccc(CO)c3F)cn2)CC1. The summed E-state index contributed by atoms with van der Waals surface area (Å²) in [6, 6.07) is 5.12. The summed E-state index contributed by atoms with van der Waals surface area (Å²) in [6.45, 7) is 1.55. The smallest absolute Gasteiger partial charge is 0.319 e. The van der Waals surface area contributed by atoms with Gasteiger partial charge in [0.1, 0.15) is 5.82 Å². The number of carbonyl (C=O) groups excluding carboxylic acids is 1. The van der Waals surface area contributed by atoms with Gasteiger partial charge in [-0.15, -0.1) is 0 Å². The third kappa shape index (κ3) is 4.56. The maximum absolute atomic E-state index is 14.3. The van der Waals surface area contributed by atoms with E-state index in [2.05, 4.69) is 9.97 Å². The number of carbonyl (C=O) groups is 1. The van der Waals surface area contributed by atoms with Gasteiger partial charge in [0.25, 0.3) is 0 Å². The number of piperidine rings is 1. The summed E-state index contributed by atoms with van der Waals surface area (Å²) < 4.78 is 20.0. The largest absolute Gasteiger partial charge is 0.463 e. The molecule has 1 N–H and O–H groups in total. The van der Waals surface area contributed by atoms with E-state index in [1.54, 1.807) is 31.1 Å². The van der Waals surface area contributed by atoms with Crippen LogP contribution in [0.4, 0.5) is 9.18 Å². The van der Waals surface area contributed by atoms with E-state index >= 15 is 0 Å². The zero-order valence-electron chi connectivity index (χ0n) is 16.1. The van der Waals surface area contributed by atoms with Crippen molar-refractivity contribution in [1.29, 1.82) is 0 Å². The van der Waals surface area contributed by atoms with Gasteiger partial charge in [0, 0.05) is 56.3 Å². The maximum Gasteiger partial charge on any atom is 0.319 e. The number of aliphatic hydroxyl groups excluding tert-OH is 1. The molecule has 28 heavy (non-hydrogen) atoms. The Kier molecular flexibility index (Phi) is 6.41. The second-order valence-corrected chi connectivity index (χ2v) is 7.11. The van der Waals surface area contributed by atoms with E-state index in [4.69, 9.17) is 4.74 Å². The van der Waals surface area contributed by atoms with Crippen LogP contribution in [-0.2, 0) is 6.61 Å². The molecule has 1 aromatic carbocycles. The third-order valence-electron chi connectivity index (χ3n) is 4.90. The Morgan fingerprint density at radius 3 is 2.57 bits per heavy atom. The fourth-order valence-corrected chi connectivity index (χ4v) is 3.22. The topological polar surface area (TPSA) is 78.8 Å². The predicted octanol–water partition coefficient (Wildman–Crippen LogP) is 2.55. The summed E-state index contributed by atoms with van der Waals surface area (Å²) in [6.07, 6.45) is 4.77. The average Bonchev–Trinajstić information content (AvgIpc) is 2.72. The molecule has 1 aromatic heterocycles. The number of nitrogens with zero attached hydrogens (tertiary/aromatic N) is 4. The van der Waals surface area contributed by atoms with Gasteiger partial charge in [-0.25, -0.2) is 19.2 Å². The molecule has 0 atom stereocenters. The average molecular weight is 388 g/mol. The third-order valence-corrected chi connectivity index (χ3v) is 4.90. The van der Waals surface area contributed by atoms with Gasteiger partial charge < -0.3 is 19.6 Å². The number of hydrogen-bond acceptors (Lipinski definition) is 5. The van der Waals surface area contributed by atoms with Gasteiger partial charge in [-0.2, -0.15) is 0 Å². The quantitative estimate of drug-likeness (QED) is 0.852. The van der Waals surface area contributed by atoms with Crippen molar-refractivity contribution in [2.45, 2.75) is 19.4 Å². The van der Waals surface area contributed by atoms with Crippen LogP contribution in [0.15, 0.2) is 30.6 Å². The number of likely N-dealkylation sites (tertiary alicyclic amines) is 1. The first-order chi connectivity index (χ1) is 13.5. The molecule has 2 heterocycles. The van der Waals surface area contributed by atoms with Crippen LogP contribution in [0, 0.1) is 11.7 Å². The Balaban J connectivity index is 1.54. The number of halogens is 1. The van der Waals surface area contributed by atoms with Gasteiger partial charge in [0.2, 0.25) is 0 Å². The highest BCUT2D eigenvalue weighted by Gasteiger charge is 2.24. The van der Waals surface area contributed by atoms with Gasteiger partial charge in [-0.3, -0.25) is 0 Å². The van der Waals surface area contributed by atoms with Crippen LogP contribution in [-0.4, -0.2) is 64.7 Å². The minimum absolute atomic E-state index is 0.0378. The normalized spacial score (nSPS) is 14.8. The number of benzene rings is 1. The first-order valence-corrected chi connectivity index (χ1v) is 9.29. The molecule has 1 fully saturated rings. The number of aromatic nitrogens is 2. The molecule has 3 rings (SSSR count). The van der Waals surface area contributed by atoms with Crippen LogP contribution >= 0.6 is 0 Å². The Labute approximate surface area is 163 Å². The molecule has 1 aliphatic heterocycles. The molecule has 0 saturated carbocycles. The standard InChI is InChI=1S/C20H25FN4O3/c1-24(2)20(27)25-8-6-14(7-9-25)13-28-19-22-10-16(11-23-19)17-5-3-4-15(12-26)18(17)21/h3-5,10-11,14,26H,6-9,12-13H2,1-2H3. The van der Waals surface area contributed by atoms with E-state index in [0.717, 1.165) is 12.8 Å². The lowest BCUT2D eigenvalue weighted by atomic mass is 9.98. The monoisotopic (exact) mass is 388 g/mol. The van der Waals surface area contributed by atoms with E-state index in [0.29, 0.717) is 36.7 Å². The molecule has 150 valence electrons. The van der Waals surface area contributed by atoms with E-state index < -0.39 is 5.82 Å². The lowest BCUT2D eigenvalue weighted by Crippen LogP contribution is -2.44. The molecule has 0 radical (unpaired) electrons. The summed E-state index contributed by atoms with van der Waals surface area (Å²) >= 11 is 0. The van der Waals surface area contributed by atoms with E-state index in [9.17, 15) is 14.3 Å². The van der Waals surface area contributed by atoms with Gasteiger partial charge in [0.05, 0.1) is 13.2 Å². The molecule has 8 heteroatoms. The molecule has 0 bridgehead atoms. The van der Waals surface area contributed by atoms with Crippen LogP contribution in [0.5, 0.6) is 6.01 Å². The molecule has 2 amide bonds. The molecular formula is C20H25FN4O3. The zero-order chi connectivity index (χ0) is 20.1. The predicted molar refractivity (Wildman–Crippen MR) is 102 cm³/mol. The van der Waals surface area contributed by atoms with Crippen LogP contribution in [0.1, 0.15) is 18.4 Å². The molecule has 1 aliphatic rings. The van der Waals surface area contributed by atoms with Crippen molar-refractivity contribution < 1.29 is 19.0 Å². The molecule has 7 nitrogen and oxygen atoms in total. The lowest BCUT2D eigenvalue weighted by molar-refractivity contribution is 0.127. The van der Waals surface area contributed by atoms with Crippen molar-refractivity contribution in [3.05, 3.63) is 42.0 Å². The summed E-state index contributed by atoms with van der Waals surface area (Å²) in [5.74, 6) is -0.130. The van der Waals surface area contributed by atoms with Crippen molar-refractivity contribution in [1.82, 2.24) is 19.8 Å². The van der Waals surface area contributed by atoms with Crippen LogP contribution in [0.3, 0.4) is 0 Å². The van der Waals surface area contributed by atoms with Gasteiger partial charge in [-0.1, -0.05) is 18.2 Å². The Morgan fingerprint density at radius 1 is 1.29 bits per heavy atom. The van der Waals surface area contributed by atoms with Crippen molar-refractivity contribution in [3.63, 3.8) is 0 Å². The number of hydrogen-bond donors (Lipinski definition) is 1. The van der Waals surface area contributed by atoms with Gasteiger partial charge in [0.15, 0.2) is 0 Å². The van der Waals surface area contributed by atoms with Gasteiger partial charge in [-0.05, 0) is 18.8 Å². The lowest BCUT2D eigenvalue weighted by Gasteiger charge is -2.33. The van der Waals surface area contributed by atoms with Crippen LogP contribution < -0.4 is 4.74 Å². The van der Waals surface area contributed by atoms with Crippen molar-refractivity contribution >= 4 is 6.03 Å². The fourth-order valence-electron chi connectivity index (χ4n) is 3.22. The maximum atomic E-state index is 14.3. The minimum atomic E-state index is -0.471. The molecular weight excluding hydrogens is 363 g/mol. The Morgan fingerprint density at radius 2 is 1.96 bits per heavy atom. The number of ether oxygens (including phenoxy) is 1. The highest BCUT2D eigenvalue weighted by molar-refractivity contribution is 5.73.